The highest BCUT2D eigenvalue weighted by Crippen LogP contribution is 2.29. The summed E-state index contributed by atoms with van der Waals surface area (Å²) in [5, 5.41) is -0.137. The maximum Gasteiger partial charge on any atom is 0.244 e. The average Bonchev–Trinajstić information content (AvgIpc) is 2.61. The Labute approximate surface area is 151 Å². The number of piperidine rings is 1. The lowest BCUT2D eigenvalue weighted by molar-refractivity contribution is 0.0875. The molecule has 0 aromatic heterocycles. The molecule has 7 heteroatoms. The Morgan fingerprint density at radius 2 is 1.72 bits per heavy atom. The zero-order valence-corrected chi connectivity index (χ0v) is 14.9. The second-order valence-electron chi connectivity index (χ2n) is 5.98. The van der Waals surface area contributed by atoms with Crippen molar-refractivity contribution in [2.45, 2.75) is 17.7 Å². The SMILES string of the molecule is O=C(c1ccccc1)C1CCN(S(=O)(=O)c2ccc(F)cc2Cl)CC1. The number of nitrogens with zero attached hydrogens (tertiary/aromatic N) is 1. The van der Waals surface area contributed by atoms with E-state index in [-0.39, 0.29) is 34.7 Å². The molecule has 2 aromatic carbocycles. The van der Waals surface area contributed by atoms with Crippen LogP contribution in [0.2, 0.25) is 5.02 Å². The van der Waals surface area contributed by atoms with Crippen molar-refractivity contribution in [2.75, 3.05) is 13.1 Å². The Hall–Kier alpha value is -1.76. The van der Waals surface area contributed by atoms with Crippen molar-refractivity contribution in [3.8, 4) is 0 Å². The van der Waals surface area contributed by atoms with Crippen molar-refractivity contribution in [2.24, 2.45) is 5.92 Å². The third-order valence-electron chi connectivity index (χ3n) is 4.39. The van der Waals surface area contributed by atoms with E-state index < -0.39 is 15.8 Å². The summed E-state index contributed by atoms with van der Waals surface area (Å²) in [5.74, 6) is -0.744. The highest BCUT2D eigenvalue weighted by atomic mass is 35.5. The third kappa shape index (κ3) is 3.76. The van der Waals surface area contributed by atoms with E-state index in [0.717, 1.165) is 12.1 Å². The van der Waals surface area contributed by atoms with Gasteiger partial charge >= 0.3 is 0 Å². The molecule has 0 spiro atoms. The summed E-state index contributed by atoms with van der Waals surface area (Å²) in [6.45, 7) is 0.471. The van der Waals surface area contributed by atoms with E-state index in [1.165, 1.54) is 10.4 Å². The van der Waals surface area contributed by atoms with Crippen LogP contribution in [-0.4, -0.2) is 31.6 Å². The molecule has 132 valence electrons. The van der Waals surface area contributed by atoms with E-state index >= 15 is 0 Å². The molecule has 0 saturated carbocycles. The Kier molecular flexibility index (Phi) is 5.22. The molecule has 0 amide bonds. The zero-order chi connectivity index (χ0) is 18.0. The lowest BCUT2D eigenvalue weighted by atomic mass is 9.90. The lowest BCUT2D eigenvalue weighted by Crippen LogP contribution is -2.40. The molecule has 0 radical (unpaired) electrons. The fourth-order valence-corrected chi connectivity index (χ4v) is 4.99. The summed E-state index contributed by atoms with van der Waals surface area (Å²) < 4.78 is 39.9. The molecular weight excluding hydrogens is 365 g/mol. The second-order valence-corrected chi connectivity index (χ2v) is 8.30. The van der Waals surface area contributed by atoms with Gasteiger partial charge in [-0.2, -0.15) is 4.31 Å². The van der Waals surface area contributed by atoms with E-state index in [1.807, 2.05) is 18.2 Å². The van der Waals surface area contributed by atoms with Crippen LogP contribution in [-0.2, 0) is 10.0 Å². The van der Waals surface area contributed by atoms with Gasteiger partial charge in [0.25, 0.3) is 0 Å². The summed E-state index contributed by atoms with van der Waals surface area (Å²) in [4.78, 5) is 12.4. The fourth-order valence-electron chi connectivity index (χ4n) is 3.02. The Balaban J connectivity index is 1.72. The molecule has 1 saturated heterocycles. The highest BCUT2D eigenvalue weighted by molar-refractivity contribution is 7.89. The number of rotatable bonds is 4. The number of hydrogen-bond donors (Lipinski definition) is 0. The van der Waals surface area contributed by atoms with Crippen LogP contribution in [0.4, 0.5) is 4.39 Å². The predicted octanol–water partition coefficient (Wildman–Crippen LogP) is 3.76. The summed E-state index contributed by atoms with van der Waals surface area (Å²) in [7, 11) is -3.80. The Morgan fingerprint density at radius 3 is 2.32 bits per heavy atom. The van der Waals surface area contributed by atoms with Crippen molar-refractivity contribution >= 4 is 27.4 Å². The first-order valence-corrected chi connectivity index (χ1v) is 9.76. The minimum atomic E-state index is -3.80. The number of halogens is 2. The number of sulfonamides is 1. The number of carbonyl (C=O) groups excluding carboxylic acids is 1. The van der Waals surface area contributed by atoms with Gasteiger partial charge in [-0.05, 0) is 31.0 Å². The number of ketones is 1. The first-order chi connectivity index (χ1) is 11.9. The topological polar surface area (TPSA) is 54.5 Å². The Bertz CT molecular complexity index is 878. The van der Waals surface area contributed by atoms with Crippen LogP contribution in [0, 0.1) is 11.7 Å². The predicted molar refractivity (Wildman–Crippen MR) is 93.7 cm³/mol. The molecule has 3 rings (SSSR count). The third-order valence-corrected chi connectivity index (χ3v) is 6.78. The fraction of sp³-hybridized carbons (Fsp3) is 0.278. The van der Waals surface area contributed by atoms with Gasteiger partial charge < -0.3 is 0 Å². The monoisotopic (exact) mass is 381 g/mol. The first kappa shape index (κ1) is 18.0. The second kappa shape index (κ2) is 7.23. The number of carbonyl (C=O) groups is 1. The minimum absolute atomic E-state index is 0.0393. The molecule has 0 N–H and O–H groups in total. The van der Waals surface area contributed by atoms with Gasteiger partial charge in [0, 0.05) is 24.6 Å². The minimum Gasteiger partial charge on any atom is -0.294 e. The lowest BCUT2D eigenvalue weighted by Gasteiger charge is -2.30. The van der Waals surface area contributed by atoms with Crippen LogP contribution >= 0.6 is 11.6 Å². The smallest absolute Gasteiger partial charge is 0.244 e. The maximum absolute atomic E-state index is 13.1. The van der Waals surface area contributed by atoms with Gasteiger partial charge in [0.15, 0.2) is 5.78 Å². The number of hydrogen-bond acceptors (Lipinski definition) is 3. The van der Waals surface area contributed by atoms with Crippen LogP contribution in [0.25, 0.3) is 0 Å². The van der Waals surface area contributed by atoms with Crippen molar-refractivity contribution in [3.63, 3.8) is 0 Å². The van der Waals surface area contributed by atoms with Crippen molar-refractivity contribution in [1.82, 2.24) is 4.31 Å². The van der Waals surface area contributed by atoms with Crippen LogP contribution in [0.5, 0.6) is 0 Å². The molecule has 25 heavy (non-hydrogen) atoms. The molecular formula is C18H17ClFNO3S. The molecule has 4 nitrogen and oxygen atoms in total. The van der Waals surface area contributed by atoms with Gasteiger partial charge in [0.1, 0.15) is 10.7 Å². The van der Waals surface area contributed by atoms with Crippen LogP contribution in [0.1, 0.15) is 23.2 Å². The van der Waals surface area contributed by atoms with Gasteiger partial charge in [-0.3, -0.25) is 4.79 Å². The van der Waals surface area contributed by atoms with E-state index in [4.69, 9.17) is 11.6 Å². The maximum atomic E-state index is 13.1. The van der Waals surface area contributed by atoms with Crippen molar-refractivity contribution in [3.05, 3.63) is 64.9 Å². The van der Waals surface area contributed by atoms with Gasteiger partial charge in [-0.1, -0.05) is 41.9 Å². The van der Waals surface area contributed by atoms with Crippen LogP contribution < -0.4 is 0 Å². The standard InChI is InChI=1S/C18H17ClFNO3S/c19-16-12-15(20)6-7-17(16)25(23,24)21-10-8-14(9-11-21)18(22)13-4-2-1-3-5-13/h1-7,12,14H,8-11H2. The molecule has 0 atom stereocenters. The largest absolute Gasteiger partial charge is 0.294 e. The molecule has 0 bridgehead atoms. The van der Waals surface area contributed by atoms with Crippen LogP contribution in [0.3, 0.4) is 0 Å². The molecule has 1 aliphatic heterocycles. The van der Waals surface area contributed by atoms with Gasteiger partial charge in [0.2, 0.25) is 10.0 Å². The molecule has 0 unspecified atom stereocenters. The van der Waals surface area contributed by atoms with E-state index in [9.17, 15) is 17.6 Å². The van der Waals surface area contributed by atoms with Gasteiger partial charge in [0.05, 0.1) is 5.02 Å². The highest BCUT2D eigenvalue weighted by Gasteiger charge is 2.33. The van der Waals surface area contributed by atoms with E-state index in [2.05, 4.69) is 0 Å². The van der Waals surface area contributed by atoms with Gasteiger partial charge in [-0.25, -0.2) is 12.8 Å². The quantitative estimate of drug-likeness (QED) is 0.757. The summed E-state index contributed by atoms with van der Waals surface area (Å²) in [6, 6.07) is 12.2. The summed E-state index contributed by atoms with van der Waals surface area (Å²) in [6.07, 6.45) is 0.900. The summed E-state index contributed by atoms with van der Waals surface area (Å²) >= 11 is 5.89. The zero-order valence-electron chi connectivity index (χ0n) is 13.4. The van der Waals surface area contributed by atoms with Crippen LogP contribution in [0.15, 0.2) is 53.4 Å². The Morgan fingerprint density at radius 1 is 1.08 bits per heavy atom. The van der Waals surface area contributed by atoms with E-state index in [0.29, 0.717) is 18.4 Å². The van der Waals surface area contributed by atoms with Gasteiger partial charge in [-0.15, -0.1) is 0 Å². The molecule has 1 aliphatic rings. The average molecular weight is 382 g/mol. The first-order valence-electron chi connectivity index (χ1n) is 7.94. The molecule has 0 aliphatic carbocycles. The molecule has 1 fully saturated rings. The number of Topliss-reactive ketones (excluding diaryl/α,β-unsaturated/α-hetero) is 1. The normalized spacial score (nSPS) is 16.7. The van der Waals surface area contributed by atoms with E-state index in [1.54, 1.807) is 12.1 Å². The number of benzene rings is 2. The molecule has 1 heterocycles. The summed E-state index contributed by atoms with van der Waals surface area (Å²) in [5.41, 5.74) is 0.644. The van der Waals surface area contributed by atoms with Crippen molar-refractivity contribution in [1.29, 1.82) is 0 Å². The molecule has 2 aromatic rings. The van der Waals surface area contributed by atoms with Crippen molar-refractivity contribution < 1.29 is 17.6 Å².